The van der Waals surface area contributed by atoms with Gasteiger partial charge >= 0.3 is 23.9 Å². The van der Waals surface area contributed by atoms with Crippen LogP contribution in [0.25, 0.3) is 0 Å². The summed E-state index contributed by atoms with van der Waals surface area (Å²) in [6, 6.07) is 0. The zero-order valence-electron chi connectivity index (χ0n) is 23.2. The molecule has 0 N–H and O–H groups in total. The molecule has 4 amide bonds. The van der Waals surface area contributed by atoms with E-state index in [9.17, 15) is 38.4 Å². The van der Waals surface area contributed by atoms with Crippen LogP contribution in [0.15, 0.2) is 0 Å². The molecule has 0 unspecified atom stereocenters. The topological polar surface area (TPSA) is 189 Å². The largest absolute Gasteiger partial charge is 0.463 e. The maximum absolute atomic E-state index is 11.9. The van der Waals surface area contributed by atoms with Crippen LogP contribution in [0.5, 0.6) is 0 Å². The number of imide groups is 2. The van der Waals surface area contributed by atoms with E-state index in [0.717, 1.165) is 0 Å². The number of hydrogen-bond donors (Lipinski definition) is 0. The zero-order valence-corrected chi connectivity index (χ0v) is 23.2. The van der Waals surface area contributed by atoms with Gasteiger partial charge in [0.2, 0.25) is 0 Å². The molecule has 0 saturated carbocycles. The van der Waals surface area contributed by atoms with Gasteiger partial charge in [-0.15, -0.1) is 10.1 Å². The highest BCUT2D eigenvalue weighted by atomic mass is 16.7. The first-order valence-corrected chi connectivity index (χ1v) is 12.9. The summed E-state index contributed by atoms with van der Waals surface area (Å²) in [5.41, 5.74) is -0.963. The van der Waals surface area contributed by atoms with E-state index < -0.39 is 65.9 Å². The summed E-state index contributed by atoms with van der Waals surface area (Å²) >= 11 is 0. The molecule has 2 aliphatic rings. The van der Waals surface area contributed by atoms with E-state index in [0.29, 0.717) is 10.1 Å². The highest BCUT2D eigenvalue weighted by Crippen LogP contribution is 2.15. The molecule has 0 spiro atoms. The van der Waals surface area contributed by atoms with Crippen LogP contribution in [0.4, 0.5) is 0 Å². The maximum atomic E-state index is 11.9. The standard InChI is InChI=1S/C22H28N2O13.C3H8/c1-22(2,13-34-19(30)8-10-21(32)37-24-16(27)5-6-17(24)28)35-12-11-33-18(29)7-9-20(31)36-23-14(25)3-4-15(23)26;1-3-2/h3-13H2,1-2H3;3H2,1-2H3. The Morgan fingerprint density at radius 2 is 0.975 bits per heavy atom. The van der Waals surface area contributed by atoms with E-state index in [1.807, 2.05) is 0 Å². The summed E-state index contributed by atoms with van der Waals surface area (Å²) in [7, 11) is 0. The molecule has 224 valence electrons. The van der Waals surface area contributed by atoms with Crippen LogP contribution in [0.2, 0.25) is 0 Å². The van der Waals surface area contributed by atoms with Crippen molar-refractivity contribution >= 4 is 47.5 Å². The monoisotopic (exact) mass is 572 g/mol. The molecule has 0 aromatic carbocycles. The average molecular weight is 573 g/mol. The number of carbonyl (C=O) groups is 8. The van der Waals surface area contributed by atoms with Gasteiger partial charge < -0.3 is 23.9 Å². The van der Waals surface area contributed by atoms with Crippen molar-refractivity contribution in [2.45, 2.75) is 91.1 Å². The maximum Gasteiger partial charge on any atom is 0.333 e. The van der Waals surface area contributed by atoms with Gasteiger partial charge in [-0.1, -0.05) is 20.3 Å². The van der Waals surface area contributed by atoms with Crippen LogP contribution in [0, 0.1) is 0 Å². The number of ether oxygens (including phenoxy) is 3. The smallest absolute Gasteiger partial charge is 0.333 e. The fourth-order valence-electron chi connectivity index (χ4n) is 2.93. The van der Waals surface area contributed by atoms with Crippen LogP contribution in [-0.2, 0) is 62.2 Å². The van der Waals surface area contributed by atoms with Crippen LogP contribution >= 0.6 is 0 Å². The second kappa shape index (κ2) is 16.9. The van der Waals surface area contributed by atoms with Crippen LogP contribution in [0.1, 0.15) is 85.5 Å². The predicted molar refractivity (Wildman–Crippen MR) is 131 cm³/mol. The Labute approximate surface area is 231 Å². The Morgan fingerprint density at radius 3 is 1.38 bits per heavy atom. The molecule has 15 nitrogen and oxygen atoms in total. The van der Waals surface area contributed by atoms with Crippen molar-refractivity contribution in [1.29, 1.82) is 0 Å². The van der Waals surface area contributed by atoms with Gasteiger partial charge in [-0.3, -0.25) is 28.8 Å². The molecule has 2 rings (SSSR count). The van der Waals surface area contributed by atoms with E-state index in [-0.39, 0.29) is 58.3 Å². The van der Waals surface area contributed by atoms with E-state index in [2.05, 4.69) is 23.5 Å². The second-order valence-corrected chi connectivity index (χ2v) is 9.29. The average Bonchev–Trinajstić information content (AvgIpc) is 3.38. The predicted octanol–water partition coefficient (Wildman–Crippen LogP) is 1.06. The highest BCUT2D eigenvalue weighted by molar-refractivity contribution is 6.02. The Morgan fingerprint density at radius 1 is 0.625 bits per heavy atom. The fourth-order valence-corrected chi connectivity index (χ4v) is 2.93. The molecule has 2 saturated heterocycles. The van der Waals surface area contributed by atoms with Crippen molar-refractivity contribution in [1.82, 2.24) is 10.1 Å². The number of hydroxylamine groups is 4. The molecule has 0 aromatic heterocycles. The van der Waals surface area contributed by atoms with Crippen LogP contribution < -0.4 is 0 Å². The first kappa shape index (κ1) is 34.1. The normalized spacial score (nSPS) is 15.0. The lowest BCUT2D eigenvalue weighted by Crippen LogP contribution is -2.34. The third kappa shape index (κ3) is 12.8. The minimum atomic E-state index is -0.963. The number of amides is 4. The van der Waals surface area contributed by atoms with Crippen molar-refractivity contribution in [3.8, 4) is 0 Å². The Bertz CT molecular complexity index is 944. The van der Waals surface area contributed by atoms with Gasteiger partial charge in [-0.05, 0) is 13.8 Å². The number of hydrogen-bond acceptors (Lipinski definition) is 13. The van der Waals surface area contributed by atoms with Crippen molar-refractivity contribution in [3.05, 3.63) is 0 Å². The van der Waals surface area contributed by atoms with Gasteiger partial charge in [0, 0.05) is 25.7 Å². The number of rotatable bonds is 14. The third-order valence-electron chi connectivity index (χ3n) is 4.88. The van der Waals surface area contributed by atoms with Gasteiger partial charge in [0.25, 0.3) is 23.6 Å². The second-order valence-electron chi connectivity index (χ2n) is 9.29. The third-order valence-corrected chi connectivity index (χ3v) is 4.88. The first-order valence-electron chi connectivity index (χ1n) is 12.9. The van der Waals surface area contributed by atoms with Crippen LogP contribution in [-0.4, -0.2) is 83.1 Å². The quantitative estimate of drug-likeness (QED) is 0.163. The minimum Gasteiger partial charge on any atom is -0.463 e. The van der Waals surface area contributed by atoms with Gasteiger partial charge in [0.15, 0.2) is 0 Å². The van der Waals surface area contributed by atoms with Crippen molar-refractivity contribution in [2.24, 2.45) is 0 Å². The molecular weight excluding hydrogens is 536 g/mol. The highest BCUT2D eigenvalue weighted by Gasteiger charge is 2.34. The summed E-state index contributed by atoms with van der Waals surface area (Å²) in [5, 5.41) is 0.781. The van der Waals surface area contributed by atoms with E-state index in [1.165, 1.54) is 6.42 Å². The summed E-state index contributed by atoms with van der Waals surface area (Å²) in [6.07, 6.45) is -0.372. The van der Waals surface area contributed by atoms with Gasteiger partial charge in [-0.25, -0.2) is 9.59 Å². The number of esters is 2. The van der Waals surface area contributed by atoms with Crippen LogP contribution in [0.3, 0.4) is 0 Å². The number of nitrogens with zero attached hydrogens (tertiary/aromatic N) is 2. The Hall–Kier alpha value is -3.88. The zero-order chi connectivity index (χ0) is 30.3. The number of carbonyl (C=O) groups excluding carboxylic acids is 8. The summed E-state index contributed by atoms with van der Waals surface area (Å²) < 4.78 is 15.5. The molecular formula is C25H36N2O13. The Balaban J connectivity index is 0.00000254. The fraction of sp³-hybridized carbons (Fsp3) is 0.680. The van der Waals surface area contributed by atoms with E-state index >= 15 is 0 Å². The van der Waals surface area contributed by atoms with E-state index in [4.69, 9.17) is 14.2 Å². The molecule has 0 aliphatic carbocycles. The molecule has 2 fully saturated rings. The molecule has 0 atom stereocenters. The van der Waals surface area contributed by atoms with Gasteiger partial charge in [-0.2, -0.15) is 0 Å². The first-order chi connectivity index (χ1) is 18.8. The molecule has 0 aromatic rings. The van der Waals surface area contributed by atoms with Crippen molar-refractivity contribution in [2.75, 3.05) is 19.8 Å². The molecule has 15 heteroatoms. The lowest BCUT2D eigenvalue weighted by Gasteiger charge is -2.24. The van der Waals surface area contributed by atoms with Gasteiger partial charge in [0.1, 0.15) is 13.2 Å². The SMILES string of the molecule is CC(C)(COC(=O)CCC(=O)ON1C(=O)CCC1=O)OCCOC(=O)CCC(=O)ON1C(=O)CCC1=O.CCC. The lowest BCUT2D eigenvalue weighted by atomic mass is 10.1. The van der Waals surface area contributed by atoms with E-state index in [1.54, 1.807) is 13.8 Å². The molecule has 2 aliphatic heterocycles. The lowest BCUT2D eigenvalue weighted by molar-refractivity contribution is -0.197. The van der Waals surface area contributed by atoms with Crippen molar-refractivity contribution in [3.63, 3.8) is 0 Å². The molecule has 2 heterocycles. The molecule has 40 heavy (non-hydrogen) atoms. The molecule has 0 bridgehead atoms. The Kier molecular flexibility index (Phi) is 14.5. The minimum absolute atomic E-state index is 0.0382. The van der Waals surface area contributed by atoms with Crippen molar-refractivity contribution < 1.29 is 62.2 Å². The summed E-state index contributed by atoms with van der Waals surface area (Å²) in [6.45, 7) is 7.07. The van der Waals surface area contributed by atoms with Gasteiger partial charge in [0.05, 0.1) is 37.9 Å². The summed E-state index contributed by atoms with van der Waals surface area (Å²) in [5.74, 6) is -5.81. The summed E-state index contributed by atoms with van der Waals surface area (Å²) in [4.78, 5) is 102. The molecule has 0 radical (unpaired) electrons.